The highest BCUT2D eigenvalue weighted by Crippen LogP contribution is 2.23. The molecule has 1 aliphatic heterocycles. The number of aliphatic hydroxyl groups excluding tert-OH is 1. The average Bonchev–Trinajstić information content (AvgIpc) is 2.44. The normalized spacial score (nSPS) is 22.7. The Hall–Kier alpha value is -1.55. The van der Waals surface area contributed by atoms with Gasteiger partial charge in [-0.15, -0.1) is 0 Å². The lowest BCUT2D eigenvalue weighted by atomic mass is 9.96. The number of aryl methyl sites for hydroxylation is 2. The van der Waals surface area contributed by atoms with Gasteiger partial charge in [0.15, 0.2) is 0 Å². The maximum Gasteiger partial charge on any atom is 0.321 e. The lowest BCUT2D eigenvalue weighted by molar-refractivity contribution is 0.0463. The summed E-state index contributed by atoms with van der Waals surface area (Å²) in [5, 5.41) is 12.9. The van der Waals surface area contributed by atoms with Crippen molar-refractivity contribution in [3.05, 3.63) is 29.3 Å². The Kier molecular flexibility index (Phi) is 4.65. The van der Waals surface area contributed by atoms with Crippen LogP contribution < -0.4 is 5.32 Å². The summed E-state index contributed by atoms with van der Waals surface area (Å²) in [7, 11) is 0. The summed E-state index contributed by atoms with van der Waals surface area (Å²) in [6.45, 7) is 7.23. The molecule has 2 atom stereocenters. The van der Waals surface area contributed by atoms with Crippen molar-refractivity contribution in [2.45, 2.75) is 39.7 Å². The lowest BCUT2D eigenvalue weighted by Crippen LogP contribution is -2.47. The van der Waals surface area contributed by atoms with Crippen molar-refractivity contribution in [1.29, 1.82) is 0 Å². The van der Waals surface area contributed by atoms with Gasteiger partial charge in [0.05, 0.1) is 6.10 Å². The van der Waals surface area contributed by atoms with E-state index in [2.05, 4.69) is 12.2 Å². The van der Waals surface area contributed by atoms with Crippen LogP contribution in [0.1, 0.15) is 31.4 Å². The van der Waals surface area contributed by atoms with Crippen LogP contribution in [-0.4, -0.2) is 35.2 Å². The fourth-order valence-electron chi connectivity index (χ4n) is 2.62. The molecule has 0 radical (unpaired) electrons. The van der Waals surface area contributed by atoms with Crippen LogP contribution in [0.2, 0.25) is 0 Å². The number of piperidine rings is 1. The minimum atomic E-state index is -0.419. The number of benzene rings is 1. The topological polar surface area (TPSA) is 52.6 Å². The van der Waals surface area contributed by atoms with E-state index >= 15 is 0 Å². The Morgan fingerprint density at radius 1 is 1.50 bits per heavy atom. The fraction of sp³-hybridized carbons (Fsp3) is 0.562. The van der Waals surface area contributed by atoms with E-state index in [-0.39, 0.29) is 11.9 Å². The zero-order valence-electron chi connectivity index (χ0n) is 12.5. The van der Waals surface area contributed by atoms with Crippen LogP contribution in [0.3, 0.4) is 0 Å². The van der Waals surface area contributed by atoms with Crippen LogP contribution >= 0.6 is 0 Å². The number of carbonyl (C=O) groups excluding carboxylic acids is 1. The second-order valence-corrected chi connectivity index (χ2v) is 5.67. The molecule has 1 aliphatic rings. The summed E-state index contributed by atoms with van der Waals surface area (Å²) in [5.41, 5.74) is 3.13. The number of anilines is 1. The maximum atomic E-state index is 12.3. The average molecular weight is 276 g/mol. The van der Waals surface area contributed by atoms with Crippen molar-refractivity contribution < 1.29 is 9.90 Å². The summed E-state index contributed by atoms with van der Waals surface area (Å²) in [4.78, 5) is 14.0. The third-order valence-electron chi connectivity index (χ3n) is 4.18. The van der Waals surface area contributed by atoms with Gasteiger partial charge in [0.25, 0.3) is 0 Å². The predicted octanol–water partition coefficient (Wildman–Crippen LogP) is 2.79. The molecule has 110 valence electrons. The Labute approximate surface area is 120 Å². The van der Waals surface area contributed by atoms with Gasteiger partial charge in [-0.1, -0.05) is 32.0 Å². The molecule has 0 aromatic heterocycles. The van der Waals surface area contributed by atoms with Gasteiger partial charge in [-0.3, -0.25) is 0 Å². The first-order valence-electron chi connectivity index (χ1n) is 7.35. The number of hydrogen-bond acceptors (Lipinski definition) is 2. The third-order valence-corrected chi connectivity index (χ3v) is 4.18. The van der Waals surface area contributed by atoms with Crippen molar-refractivity contribution in [1.82, 2.24) is 4.90 Å². The van der Waals surface area contributed by atoms with E-state index in [1.165, 1.54) is 0 Å². The molecular weight excluding hydrogens is 252 g/mol. The molecule has 1 saturated heterocycles. The van der Waals surface area contributed by atoms with Crippen LogP contribution in [0.15, 0.2) is 18.2 Å². The number of β-amino-alcohol motifs (C(OH)–C–C–N with tert-alkyl or cyclic N) is 1. The van der Waals surface area contributed by atoms with Crippen molar-refractivity contribution >= 4 is 11.7 Å². The van der Waals surface area contributed by atoms with E-state index in [1.54, 1.807) is 4.90 Å². The number of nitrogens with one attached hydrogen (secondary N) is 1. The minimum Gasteiger partial charge on any atom is -0.391 e. The number of urea groups is 1. The van der Waals surface area contributed by atoms with E-state index in [4.69, 9.17) is 0 Å². The molecule has 1 heterocycles. The Morgan fingerprint density at radius 3 is 2.90 bits per heavy atom. The van der Waals surface area contributed by atoms with Gasteiger partial charge in [0, 0.05) is 18.8 Å². The lowest BCUT2D eigenvalue weighted by Gasteiger charge is -2.34. The standard InChI is InChI=1S/C16H24N2O2/c1-4-13-7-5-6-12(3)15(13)17-16(20)18-9-8-11(2)14(19)10-18/h5-7,11,14,19H,4,8-10H2,1-3H3,(H,17,20). The van der Waals surface area contributed by atoms with Crippen molar-refractivity contribution in [3.63, 3.8) is 0 Å². The monoisotopic (exact) mass is 276 g/mol. The number of rotatable bonds is 2. The summed E-state index contributed by atoms with van der Waals surface area (Å²) in [5.74, 6) is 0.267. The Bertz CT molecular complexity index is 487. The third kappa shape index (κ3) is 3.12. The molecule has 1 aromatic carbocycles. The molecule has 0 bridgehead atoms. The highest BCUT2D eigenvalue weighted by Gasteiger charge is 2.27. The van der Waals surface area contributed by atoms with Crippen molar-refractivity contribution in [2.75, 3.05) is 18.4 Å². The van der Waals surface area contributed by atoms with Crippen LogP contribution in [-0.2, 0) is 6.42 Å². The maximum absolute atomic E-state index is 12.3. The van der Waals surface area contributed by atoms with Crippen molar-refractivity contribution in [3.8, 4) is 0 Å². The summed E-state index contributed by atoms with van der Waals surface area (Å²) in [6.07, 6.45) is 1.32. The van der Waals surface area contributed by atoms with E-state index < -0.39 is 6.10 Å². The number of carbonyl (C=O) groups is 1. The predicted molar refractivity (Wildman–Crippen MR) is 80.9 cm³/mol. The first-order valence-corrected chi connectivity index (χ1v) is 7.35. The number of para-hydroxylation sites is 1. The van der Waals surface area contributed by atoms with Gasteiger partial charge in [0.2, 0.25) is 0 Å². The van der Waals surface area contributed by atoms with Gasteiger partial charge < -0.3 is 15.3 Å². The van der Waals surface area contributed by atoms with E-state index in [0.29, 0.717) is 13.1 Å². The van der Waals surface area contributed by atoms with Crippen LogP contribution in [0.25, 0.3) is 0 Å². The molecule has 0 aliphatic carbocycles. The Morgan fingerprint density at radius 2 is 2.25 bits per heavy atom. The van der Waals surface area contributed by atoms with Gasteiger partial charge >= 0.3 is 6.03 Å². The quantitative estimate of drug-likeness (QED) is 0.872. The second-order valence-electron chi connectivity index (χ2n) is 5.67. The highest BCUT2D eigenvalue weighted by molar-refractivity contribution is 5.91. The van der Waals surface area contributed by atoms with Gasteiger partial charge in [-0.05, 0) is 36.8 Å². The van der Waals surface area contributed by atoms with Crippen molar-refractivity contribution in [2.24, 2.45) is 5.92 Å². The van der Waals surface area contributed by atoms with Crippen LogP contribution in [0.4, 0.5) is 10.5 Å². The number of nitrogens with zero attached hydrogens (tertiary/aromatic N) is 1. The van der Waals surface area contributed by atoms with E-state index in [9.17, 15) is 9.90 Å². The molecule has 20 heavy (non-hydrogen) atoms. The number of aliphatic hydroxyl groups is 1. The molecule has 2 rings (SSSR count). The van der Waals surface area contributed by atoms with Crippen LogP contribution in [0, 0.1) is 12.8 Å². The molecule has 0 saturated carbocycles. The molecule has 4 nitrogen and oxygen atoms in total. The summed E-state index contributed by atoms with van der Waals surface area (Å²) < 4.78 is 0. The van der Waals surface area contributed by atoms with Gasteiger partial charge in [-0.2, -0.15) is 0 Å². The number of amides is 2. The first-order chi connectivity index (χ1) is 9.52. The Balaban J connectivity index is 2.09. The van der Waals surface area contributed by atoms with E-state index in [0.717, 1.165) is 29.7 Å². The molecule has 4 heteroatoms. The first kappa shape index (κ1) is 14.9. The molecule has 2 unspecified atom stereocenters. The van der Waals surface area contributed by atoms with E-state index in [1.807, 2.05) is 32.0 Å². The van der Waals surface area contributed by atoms with Gasteiger partial charge in [-0.25, -0.2) is 4.79 Å². The molecular formula is C16H24N2O2. The largest absolute Gasteiger partial charge is 0.391 e. The minimum absolute atomic E-state index is 0.111. The summed E-state index contributed by atoms with van der Waals surface area (Å²) >= 11 is 0. The molecule has 1 fully saturated rings. The summed E-state index contributed by atoms with van der Waals surface area (Å²) in [6, 6.07) is 5.94. The SMILES string of the molecule is CCc1cccc(C)c1NC(=O)N1CCC(C)C(O)C1. The zero-order chi connectivity index (χ0) is 14.7. The molecule has 2 N–H and O–H groups in total. The fourth-order valence-corrected chi connectivity index (χ4v) is 2.62. The second kappa shape index (κ2) is 6.27. The van der Waals surface area contributed by atoms with Crippen LogP contribution in [0.5, 0.6) is 0 Å². The number of likely N-dealkylation sites (tertiary alicyclic amines) is 1. The smallest absolute Gasteiger partial charge is 0.321 e. The highest BCUT2D eigenvalue weighted by atomic mass is 16.3. The molecule has 2 amide bonds. The molecule has 1 aromatic rings. The number of hydrogen-bond donors (Lipinski definition) is 2. The molecule has 0 spiro atoms. The zero-order valence-corrected chi connectivity index (χ0v) is 12.5. The van der Waals surface area contributed by atoms with Gasteiger partial charge in [0.1, 0.15) is 0 Å².